The van der Waals surface area contributed by atoms with Gasteiger partial charge < -0.3 is 25.2 Å². The molecule has 0 aliphatic carbocycles. The van der Waals surface area contributed by atoms with E-state index in [1.807, 2.05) is 13.0 Å². The minimum absolute atomic E-state index is 0.0326. The van der Waals surface area contributed by atoms with E-state index in [0.29, 0.717) is 12.3 Å². The lowest BCUT2D eigenvalue weighted by Gasteiger charge is -2.38. The highest BCUT2D eigenvalue weighted by Crippen LogP contribution is 2.32. The van der Waals surface area contributed by atoms with Gasteiger partial charge in [0.15, 0.2) is 11.6 Å². The van der Waals surface area contributed by atoms with E-state index in [2.05, 4.69) is 48.9 Å². The molecular formula is C22H30N6O2. The van der Waals surface area contributed by atoms with Gasteiger partial charge in [0.25, 0.3) is 0 Å². The van der Waals surface area contributed by atoms with E-state index in [1.54, 1.807) is 6.33 Å². The maximum absolute atomic E-state index is 12.0. The van der Waals surface area contributed by atoms with Gasteiger partial charge in [-0.2, -0.15) is 0 Å². The number of hydrogen-bond donors (Lipinski definition) is 1. The fourth-order valence-corrected chi connectivity index (χ4v) is 4.28. The maximum atomic E-state index is 12.0. The summed E-state index contributed by atoms with van der Waals surface area (Å²) < 4.78 is 5.17. The number of aromatic nitrogens is 2. The minimum atomic E-state index is -0.0928. The molecule has 8 heteroatoms. The first-order valence-electron chi connectivity index (χ1n) is 10.7. The number of carbonyl (C=O) groups is 1. The van der Waals surface area contributed by atoms with Crippen molar-refractivity contribution in [2.24, 2.45) is 5.92 Å². The Morgan fingerprint density at radius 1 is 0.967 bits per heavy atom. The Bertz CT molecular complexity index is 846. The quantitative estimate of drug-likeness (QED) is 0.751. The molecule has 2 aliphatic heterocycles. The molecule has 1 aromatic heterocycles. The number of nitrogens with zero attached hydrogens (tertiary/aromatic N) is 5. The van der Waals surface area contributed by atoms with E-state index >= 15 is 0 Å². The number of para-hydroxylation sites is 1. The third-order valence-electron chi connectivity index (χ3n) is 5.96. The number of piperazine rings is 1. The molecule has 4 rings (SSSR count). The van der Waals surface area contributed by atoms with Gasteiger partial charge in [-0.25, -0.2) is 9.97 Å². The van der Waals surface area contributed by atoms with Gasteiger partial charge in [-0.3, -0.25) is 4.79 Å². The molecular weight excluding hydrogens is 380 g/mol. The van der Waals surface area contributed by atoms with Gasteiger partial charge in [-0.05, 0) is 31.9 Å². The van der Waals surface area contributed by atoms with E-state index < -0.39 is 0 Å². The molecule has 3 heterocycles. The highest BCUT2D eigenvalue weighted by atomic mass is 16.5. The smallest absolute Gasteiger partial charge is 0.309 e. The second kappa shape index (κ2) is 9.19. The highest BCUT2D eigenvalue weighted by molar-refractivity contribution is 5.77. The zero-order chi connectivity index (χ0) is 20.9. The first-order chi connectivity index (χ1) is 14.7. The summed E-state index contributed by atoms with van der Waals surface area (Å²) in [6, 6.07) is 10.5. The average molecular weight is 411 g/mol. The van der Waals surface area contributed by atoms with Crippen molar-refractivity contribution in [2.75, 3.05) is 66.3 Å². The van der Waals surface area contributed by atoms with E-state index in [-0.39, 0.29) is 11.9 Å². The van der Waals surface area contributed by atoms with Crippen molar-refractivity contribution >= 4 is 29.0 Å². The molecule has 30 heavy (non-hydrogen) atoms. The number of benzene rings is 1. The summed E-state index contributed by atoms with van der Waals surface area (Å²) >= 11 is 0. The van der Waals surface area contributed by atoms with Crippen LogP contribution in [-0.2, 0) is 9.53 Å². The molecule has 0 atom stereocenters. The number of rotatable bonds is 5. The van der Waals surface area contributed by atoms with Crippen LogP contribution in [0.1, 0.15) is 19.8 Å². The summed E-state index contributed by atoms with van der Waals surface area (Å²) in [5.74, 6) is 1.45. The first-order valence-corrected chi connectivity index (χ1v) is 10.7. The molecule has 0 unspecified atom stereocenters. The standard InChI is InChI=1S/C22H30N6O2/c1-2-30-22(29)17-8-10-27(11-9-17)20-19(23)21(25-16-24-20)28-14-12-26(13-15-28)18-6-4-3-5-7-18/h3-7,16-17H,2,8-15,23H2,1H3. The van der Waals surface area contributed by atoms with Crippen LogP contribution in [0.3, 0.4) is 0 Å². The minimum Gasteiger partial charge on any atom is -0.466 e. The number of anilines is 4. The third kappa shape index (κ3) is 4.27. The highest BCUT2D eigenvalue weighted by Gasteiger charge is 2.29. The topological polar surface area (TPSA) is 87.8 Å². The lowest BCUT2D eigenvalue weighted by molar-refractivity contribution is -0.148. The van der Waals surface area contributed by atoms with Crippen molar-refractivity contribution in [3.05, 3.63) is 36.7 Å². The van der Waals surface area contributed by atoms with Gasteiger partial charge in [0.05, 0.1) is 12.5 Å². The molecule has 0 spiro atoms. The van der Waals surface area contributed by atoms with Crippen LogP contribution in [0, 0.1) is 5.92 Å². The molecule has 2 N–H and O–H groups in total. The number of esters is 1. The molecule has 2 fully saturated rings. The second-order valence-corrected chi connectivity index (χ2v) is 7.76. The first kappa shape index (κ1) is 20.3. The molecule has 2 aromatic rings. The number of nitrogen functional groups attached to an aromatic ring is 1. The number of carbonyl (C=O) groups excluding carboxylic acids is 1. The van der Waals surface area contributed by atoms with Gasteiger partial charge in [0, 0.05) is 45.0 Å². The molecule has 1 aromatic carbocycles. The Kier molecular flexibility index (Phi) is 6.21. The lowest BCUT2D eigenvalue weighted by Crippen LogP contribution is -2.47. The van der Waals surface area contributed by atoms with Crippen molar-refractivity contribution in [1.29, 1.82) is 0 Å². The Balaban J connectivity index is 1.40. The fourth-order valence-electron chi connectivity index (χ4n) is 4.28. The van der Waals surface area contributed by atoms with Crippen LogP contribution in [0.25, 0.3) is 0 Å². The number of ether oxygens (including phenoxy) is 1. The van der Waals surface area contributed by atoms with Crippen LogP contribution < -0.4 is 20.4 Å². The van der Waals surface area contributed by atoms with Crippen LogP contribution in [0.15, 0.2) is 36.7 Å². The summed E-state index contributed by atoms with van der Waals surface area (Å²) in [6.45, 7) is 7.33. The van der Waals surface area contributed by atoms with Crippen LogP contribution >= 0.6 is 0 Å². The number of piperidine rings is 1. The zero-order valence-electron chi connectivity index (χ0n) is 17.5. The van der Waals surface area contributed by atoms with Gasteiger partial charge in [0.2, 0.25) is 0 Å². The molecule has 2 saturated heterocycles. The van der Waals surface area contributed by atoms with Crippen LogP contribution in [0.5, 0.6) is 0 Å². The Morgan fingerprint density at radius 3 is 2.13 bits per heavy atom. The van der Waals surface area contributed by atoms with Crippen LogP contribution in [0.2, 0.25) is 0 Å². The maximum Gasteiger partial charge on any atom is 0.309 e. The molecule has 2 aliphatic rings. The largest absolute Gasteiger partial charge is 0.466 e. The number of nitrogens with two attached hydrogens (primary N) is 1. The van der Waals surface area contributed by atoms with E-state index in [1.165, 1.54) is 5.69 Å². The molecule has 0 amide bonds. The molecule has 160 valence electrons. The molecule has 0 radical (unpaired) electrons. The van der Waals surface area contributed by atoms with E-state index in [0.717, 1.165) is 63.7 Å². The average Bonchev–Trinajstić information content (AvgIpc) is 2.80. The van der Waals surface area contributed by atoms with Crippen molar-refractivity contribution in [1.82, 2.24) is 9.97 Å². The monoisotopic (exact) mass is 410 g/mol. The predicted octanol–water partition coefficient (Wildman–Crippen LogP) is 2.16. The zero-order valence-corrected chi connectivity index (χ0v) is 17.5. The molecule has 0 bridgehead atoms. The Labute approximate surface area is 177 Å². The summed E-state index contributed by atoms with van der Waals surface area (Å²) in [6.07, 6.45) is 3.11. The summed E-state index contributed by atoms with van der Waals surface area (Å²) in [7, 11) is 0. The molecule has 0 saturated carbocycles. The van der Waals surface area contributed by atoms with Crippen LogP contribution in [-0.4, -0.2) is 61.8 Å². The van der Waals surface area contributed by atoms with Crippen molar-refractivity contribution in [3.8, 4) is 0 Å². The molecule has 8 nitrogen and oxygen atoms in total. The van der Waals surface area contributed by atoms with Gasteiger partial charge in [-0.1, -0.05) is 18.2 Å². The van der Waals surface area contributed by atoms with E-state index in [9.17, 15) is 4.79 Å². The lowest BCUT2D eigenvalue weighted by atomic mass is 9.97. The van der Waals surface area contributed by atoms with Gasteiger partial charge in [-0.15, -0.1) is 0 Å². The SMILES string of the molecule is CCOC(=O)C1CCN(c2ncnc(N3CCN(c4ccccc4)CC3)c2N)CC1. The number of hydrogen-bond acceptors (Lipinski definition) is 8. The van der Waals surface area contributed by atoms with E-state index in [4.69, 9.17) is 10.5 Å². The Morgan fingerprint density at radius 2 is 1.53 bits per heavy atom. The van der Waals surface area contributed by atoms with Crippen molar-refractivity contribution in [3.63, 3.8) is 0 Å². The summed E-state index contributed by atoms with van der Waals surface area (Å²) in [5.41, 5.74) is 8.39. The fraction of sp³-hybridized carbons (Fsp3) is 0.500. The normalized spacial score (nSPS) is 17.8. The van der Waals surface area contributed by atoms with Gasteiger partial charge >= 0.3 is 5.97 Å². The van der Waals surface area contributed by atoms with Crippen molar-refractivity contribution in [2.45, 2.75) is 19.8 Å². The summed E-state index contributed by atoms with van der Waals surface area (Å²) in [4.78, 5) is 27.7. The van der Waals surface area contributed by atoms with Crippen molar-refractivity contribution < 1.29 is 9.53 Å². The van der Waals surface area contributed by atoms with Crippen LogP contribution in [0.4, 0.5) is 23.0 Å². The Hall–Kier alpha value is -3.03. The van der Waals surface area contributed by atoms with Gasteiger partial charge in [0.1, 0.15) is 12.0 Å². The second-order valence-electron chi connectivity index (χ2n) is 7.76. The third-order valence-corrected chi connectivity index (χ3v) is 5.96. The summed E-state index contributed by atoms with van der Waals surface area (Å²) in [5, 5.41) is 0. The predicted molar refractivity (Wildman–Crippen MR) is 119 cm³/mol.